The van der Waals surface area contributed by atoms with Crippen molar-refractivity contribution < 1.29 is 18.7 Å². The molecule has 126 valence electrons. The van der Waals surface area contributed by atoms with Crippen LogP contribution in [0.4, 0.5) is 10.1 Å². The van der Waals surface area contributed by atoms with E-state index in [1.54, 1.807) is 0 Å². The lowest BCUT2D eigenvalue weighted by atomic mass is 9.90. The molecule has 0 unspecified atom stereocenters. The number of rotatable bonds is 3. The number of nitrogens with zero attached hydrogens (tertiary/aromatic N) is 1. The fraction of sp³-hybridized carbons (Fsp3) is 0.167. The van der Waals surface area contributed by atoms with E-state index in [9.17, 15) is 14.0 Å². The number of carbonyl (C=O) groups excluding carboxylic acids is 2. The summed E-state index contributed by atoms with van der Waals surface area (Å²) in [5.41, 5.74) is 1.74. The van der Waals surface area contributed by atoms with Crippen molar-refractivity contribution in [2.75, 3.05) is 5.32 Å². The van der Waals surface area contributed by atoms with Crippen molar-refractivity contribution >= 4 is 39.1 Å². The third-order valence-corrected chi connectivity index (χ3v) is 5.02. The maximum Gasteiger partial charge on any atom is 0.314 e. The Kier molecular flexibility index (Phi) is 3.93. The van der Waals surface area contributed by atoms with Gasteiger partial charge in [-0.2, -0.15) is 0 Å². The van der Waals surface area contributed by atoms with E-state index in [0.29, 0.717) is 16.3 Å². The highest BCUT2D eigenvalue weighted by molar-refractivity contribution is 7.18. The van der Waals surface area contributed by atoms with Crippen molar-refractivity contribution in [2.24, 2.45) is 0 Å². The smallest absolute Gasteiger partial charge is 0.314 e. The van der Waals surface area contributed by atoms with Crippen molar-refractivity contribution in [1.82, 2.24) is 4.98 Å². The maximum atomic E-state index is 13.3. The molecular formula is C18H13FN2O3S. The Labute approximate surface area is 146 Å². The summed E-state index contributed by atoms with van der Waals surface area (Å²) in [7, 11) is 0. The number of para-hydroxylation sites is 1. The third-order valence-electron chi connectivity index (χ3n) is 4.01. The first-order valence-corrected chi connectivity index (χ1v) is 8.52. The first-order valence-electron chi connectivity index (χ1n) is 7.70. The molecule has 1 amide bonds. The van der Waals surface area contributed by atoms with E-state index in [2.05, 4.69) is 10.3 Å². The average molecular weight is 356 g/mol. The SMILES string of the molecule is O=C1C[C@@H](C(=O)OCc2nc3ccccc3s2)c2ccc(F)cc2N1. The second-order valence-corrected chi connectivity index (χ2v) is 6.83. The Morgan fingerprint density at radius 3 is 3.00 bits per heavy atom. The van der Waals surface area contributed by atoms with Crippen LogP contribution in [0.15, 0.2) is 42.5 Å². The Balaban J connectivity index is 1.52. The molecule has 3 aromatic rings. The van der Waals surface area contributed by atoms with Gasteiger partial charge in [-0.3, -0.25) is 9.59 Å². The van der Waals surface area contributed by atoms with Crippen LogP contribution in [0.1, 0.15) is 22.9 Å². The van der Waals surface area contributed by atoms with E-state index in [1.807, 2.05) is 24.3 Å². The lowest BCUT2D eigenvalue weighted by molar-refractivity contribution is -0.148. The Bertz CT molecular complexity index is 952. The standard InChI is InChI=1S/C18H13FN2O3S/c19-10-5-6-11-12(8-16(22)20-14(11)7-10)18(23)24-9-17-21-13-3-1-2-4-15(13)25-17/h1-7,12H,8-9H2,(H,20,22)/t12-/m1/s1. The number of ether oxygens (including phenoxy) is 1. The maximum absolute atomic E-state index is 13.3. The second-order valence-electron chi connectivity index (χ2n) is 5.72. The van der Waals surface area contributed by atoms with Crippen molar-refractivity contribution in [3.8, 4) is 0 Å². The van der Waals surface area contributed by atoms with Crippen LogP contribution in [0.3, 0.4) is 0 Å². The molecule has 0 spiro atoms. The summed E-state index contributed by atoms with van der Waals surface area (Å²) in [6.45, 7) is 0.0484. The van der Waals surface area contributed by atoms with Gasteiger partial charge < -0.3 is 10.1 Å². The highest BCUT2D eigenvalue weighted by atomic mass is 32.1. The highest BCUT2D eigenvalue weighted by Gasteiger charge is 2.32. The molecular weight excluding hydrogens is 343 g/mol. The fourth-order valence-corrected chi connectivity index (χ4v) is 3.74. The summed E-state index contributed by atoms with van der Waals surface area (Å²) < 4.78 is 19.7. The van der Waals surface area contributed by atoms with Crippen LogP contribution in [0.5, 0.6) is 0 Å². The summed E-state index contributed by atoms with van der Waals surface area (Å²) in [6.07, 6.45) is -0.0166. The molecule has 1 aliphatic rings. The molecule has 7 heteroatoms. The van der Waals surface area contributed by atoms with E-state index in [-0.39, 0.29) is 18.9 Å². The molecule has 1 aliphatic heterocycles. The van der Waals surface area contributed by atoms with Gasteiger partial charge in [0.2, 0.25) is 5.91 Å². The lowest BCUT2D eigenvalue weighted by Crippen LogP contribution is -2.28. The molecule has 0 bridgehead atoms. The minimum absolute atomic E-state index is 0.0166. The van der Waals surface area contributed by atoms with Crippen LogP contribution in [0, 0.1) is 5.82 Å². The normalized spacial score (nSPS) is 16.4. The summed E-state index contributed by atoms with van der Waals surface area (Å²) in [5.74, 6) is -2.05. The summed E-state index contributed by atoms with van der Waals surface area (Å²) in [5, 5.41) is 3.27. The summed E-state index contributed by atoms with van der Waals surface area (Å²) in [4.78, 5) is 28.7. The van der Waals surface area contributed by atoms with Gasteiger partial charge in [0.15, 0.2) is 0 Å². The van der Waals surface area contributed by atoms with Crippen molar-refractivity contribution in [2.45, 2.75) is 18.9 Å². The highest BCUT2D eigenvalue weighted by Crippen LogP contribution is 2.34. The first-order chi connectivity index (χ1) is 12.1. The van der Waals surface area contributed by atoms with E-state index in [4.69, 9.17) is 4.74 Å². The number of fused-ring (bicyclic) bond motifs is 2. The minimum Gasteiger partial charge on any atom is -0.458 e. The van der Waals surface area contributed by atoms with Gasteiger partial charge in [-0.25, -0.2) is 9.37 Å². The predicted octanol–water partition coefficient (Wildman–Crippen LogP) is 3.60. The number of thiazole rings is 1. The number of benzene rings is 2. The Morgan fingerprint density at radius 1 is 1.32 bits per heavy atom. The number of hydrogen-bond donors (Lipinski definition) is 1. The number of amides is 1. The molecule has 1 aromatic heterocycles. The molecule has 0 radical (unpaired) electrons. The number of anilines is 1. The van der Waals surface area contributed by atoms with Gasteiger partial charge in [-0.05, 0) is 29.8 Å². The largest absolute Gasteiger partial charge is 0.458 e. The zero-order valence-electron chi connectivity index (χ0n) is 13.0. The monoisotopic (exact) mass is 356 g/mol. The quantitative estimate of drug-likeness (QED) is 0.728. The first kappa shape index (κ1) is 15.7. The number of hydrogen-bond acceptors (Lipinski definition) is 5. The van der Waals surface area contributed by atoms with E-state index >= 15 is 0 Å². The van der Waals surface area contributed by atoms with Gasteiger partial charge in [0.25, 0.3) is 0 Å². The molecule has 0 aliphatic carbocycles. The predicted molar refractivity (Wildman–Crippen MR) is 91.8 cm³/mol. The number of nitrogens with one attached hydrogen (secondary N) is 1. The third kappa shape index (κ3) is 3.10. The molecule has 1 atom stereocenters. The van der Waals surface area contributed by atoms with Gasteiger partial charge in [0.05, 0.1) is 16.1 Å². The zero-order chi connectivity index (χ0) is 17.4. The van der Waals surface area contributed by atoms with Crippen LogP contribution in [0.25, 0.3) is 10.2 Å². The van der Waals surface area contributed by atoms with Gasteiger partial charge >= 0.3 is 5.97 Å². The van der Waals surface area contributed by atoms with Gasteiger partial charge in [-0.15, -0.1) is 11.3 Å². The molecule has 1 N–H and O–H groups in total. The Morgan fingerprint density at radius 2 is 2.16 bits per heavy atom. The van der Waals surface area contributed by atoms with Gasteiger partial charge in [-0.1, -0.05) is 18.2 Å². The minimum atomic E-state index is -0.737. The van der Waals surface area contributed by atoms with E-state index in [0.717, 1.165) is 10.2 Å². The molecule has 25 heavy (non-hydrogen) atoms. The second kappa shape index (κ2) is 6.25. The number of halogens is 1. The van der Waals surface area contributed by atoms with Crippen molar-refractivity contribution in [3.63, 3.8) is 0 Å². The van der Waals surface area contributed by atoms with Crippen LogP contribution < -0.4 is 5.32 Å². The molecule has 0 saturated heterocycles. The number of esters is 1. The molecule has 4 rings (SSSR count). The van der Waals surface area contributed by atoms with Crippen molar-refractivity contribution in [3.05, 3.63) is 58.9 Å². The zero-order valence-corrected chi connectivity index (χ0v) is 13.8. The Hall–Kier alpha value is -2.80. The number of carbonyl (C=O) groups is 2. The topological polar surface area (TPSA) is 68.3 Å². The number of aromatic nitrogens is 1. The van der Waals surface area contributed by atoms with E-state index < -0.39 is 17.7 Å². The van der Waals surface area contributed by atoms with Crippen LogP contribution in [-0.4, -0.2) is 16.9 Å². The molecule has 0 saturated carbocycles. The van der Waals surface area contributed by atoms with Crippen LogP contribution in [-0.2, 0) is 20.9 Å². The van der Waals surface area contributed by atoms with Crippen LogP contribution >= 0.6 is 11.3 Å². The van der Waals surface area contributed by atoms with Gasteiger partial charge in [0.1, 0.15) is 17.4 Å². The average Bonchev–Trinajstić information content (AvgIpc) is 3.01. The van der Waals surface area contributed by atoms with E-state index in [1.165, 1.54) is 29.5 Å². The molecule has 2 aromatic carbocycles. The molecule has 5 nitrogen and oxygen atoms in total. The van der Waals surface area contributed by atoms with Gasteiger partial charge in [0, 0.05) is 12.1 Å². The van der Waals surface area contributed by atoms with Crippen LogP contribution in [0.2, 0.25) is 0 Å². The molecule has 2 heterocycles. The summed E-state index contributed by atoms with van der Waals surface area (Å²) >= 11 is 1.46. The van der Waals surface area contributed by atoms with Crippen molar-refractivity contribution in [1.29, 1.82) is 0 Å². The summed E-state index contributed by atoms with van der Waals surface area (Å²) in [6, 6.07) is 11.7. The lowest BCUT2D eigenvalue weighted by Gasteiger charge is -2.24. The molecule has 0 fully saturated rings. The fourth-order valence-electron chi connectivity index (χ4n) is 2.86.